The Labute approximate surface area is 208 Å². The second kappa shape index (κ2) is 9.85. The molecule has 2 aromatic carbocycles. The van der Waals surface area contributed by atoms with Crippen LogP contribution in [0.25, 0.3) is 0 Å². The lowest BCUT2D eigenvalue weighted by Crippen LogP contribution is -2.41. The number of hydrogen-bond donors (Lipinski definition) is 2. The molecule has 0 amide bonds. The van der Waals surface area contributed by atoms with Crippen LogP contribution in [-0.4, -0.2) is 27.6 Å². The molecule has 0 aliphatic heterocycles. The molecule has 3 aromatic rings. The highest BCUT2D eigenvalue weighted by atomic mass is 35.5. The third kappa shape index (κ3) is 5.25. The van der Waals surface area contributed by atoms with Gasteiger partial charge in [0.2, 0.25) is 10.0 Å². The first-order chi connectivity index (χ1) is 16.4. The molecule has 5 nitrogen and oxygen atoms in total. The molecule has 180 valence electrons. The van der Waals surface area contributed by atoms with E-state index in [2.05, 4.69) is 28.2 Å². The average molecular weight is 521 g/mol. The molecule has 3 atom stereocenters. The second-order valence-electron chi connectivity index (χ2n) is 8.92. The first kappa shape index (κ1) is 23.6. The van der Waals surface area contributed by atoms with Gasteiger partial charge in [-0.15, -0.1) is 11.3 Å². The van der Waals surface area contributed by atoms with Crippen LogP contribution in [0, 0.1) is 17.7 Å². The second-order valence-corrected chi connectivity index (χ2v) is 12.6. The molecule has 2 N–H and O–H groups in total. The van der Waals surface area contributed by atoms with Crippen LogP contribution in [0.15, 0.2) is 58.8 Å². The zero-order chi connectivity index (χ0) is 23.7. The maximum Gasteiger partial charge on any atom is 0.250 e. The van der Waals surface area contributed by atoms with Crippen molar-refractivity contribution in [2.45, 2.75) is 35.9 Å². The van der Waals surface area contributed by atoms with Crippen LogP contribution in [0.2, 0.25) is 4.34 Å². The van der Waals surface area contributed by atoms with E-state index in [0.717, 1.165) is 42.7 Å². The van der Waals surface area contributed by atoms with Gasteiger partial charge in [0.05, 0.1) is 4.34 Å². The van der Waals surface area contributed by atoms with Gasteiger partial charge in [-0.05, 0) is 97.2 Å². The summed E-state index contributed by atoms with van der Waals surface area (Å²) in [4.78, 5) is 0. The van der Waals surface area contributed by atoms with Crippen molar-refractivity contribution in [2.24, 2.45) is 11.8 Å². The highest BCUT2D eigenvalue weighted by Crippen LogP contribution is 2.41. The van der Waals surface area contributed by atoms with Gasteiger partial charge in [0.15, 0.2) is 0 Å². The van der Waals surface area contributed by atoms with E-state index < -0.39 is 10.0 Å². The molecule has 9 heteroatoms. The van der Waals surface area contributed by atoms with Gasteiger partial charge in [-0.1, -0.05) is 17.7 Å². The van der Waals surface area contributed by atoms with Gasteiger partial charge in [0.25, 0.3) is 0 Å². The average Bonchev–Trinajstić information content (AvgIpc) is 3.36. The van der Waals surface area contributed by atoms with E-state index in [1.54, 1.807) is 24.3 Å². The number of hydrogen-bond acceptors (Lipinski definition) is 5. The minimum atomic E-state index is -3.58. The van der Waals surface area contributed by atoms with E-state index in [9.17, 15) is 12.8 Å². The molecule has 2 aliphatic carbocycles. The van der Waals surface area contributed by atoms with Crippen molar-refractivity contribution < 1.29 is 17.5 Å². The number of fused-ring (bicyclic) bond motifs is 3. The zero-order valence-electron chi connectivity index (χ0n) is 18.5. The van der Waals surface area contributed by atoms with E-state index in [0.29, 0.717) is 29.2 Å². The number of nitrogens with one attached hydrogen (secondary N) is 2. The maximum atomic E-state index is 13.0. The van der Waals surface area contributed by atoms with Gasteiger partial charge in [-0.3, -0.25) is 0 Å². The Morgan fingerprint density at radius 2 is 1.74 bits per heavy atom. The van der Waals surface area contributed by atoms with Crippen molar-refractivity contribution in [3.05, 3.63) is 75.9 Å². The first-order valence-electron chi connectivity index (χ1n) is 11.4. The number of anilines is 1. The maximum absolute atomic E-state index is 13.0. The van der Waals surface area contributed by atoms with Gasteiger partial charge in [0.1, 0.15) is 22.4 Å². The summed E-state index contributed by atoms with van der Waals surface area (Å²) >= 11 is 7.05. The first-order valence-corrected chi connectivity index (χ1v) is 14.1. The van der Waals surface area contributed by atoms with Gasteiger partial charge in [-0.25, -0.2) is 17.5 Å². The molecule has 0 saturated heterocycles. The summed E-state index contributed by atoms with van der Waals surface area (Å²) in [7, 11) is -3.58. The van der Waals surface area contributed by atoms with Crippen LogP contribution < -0.4 is 14.8 Å². The van der Waals surface area contributed by atoms with E-state index in [1.165, 1.54) is 23.3 Å². The largest absolute Gasteiger partial charge is 0.492 e. The van der Waals surface area contributed by atoms with E-state index >= 15 is 0 Å². The summed E-state index contributed by atoms with van der Waals surface area (Å²) in [5.41, 5.74) is 3.59. The monoisotopic (exact) mass is 520 g/mol. The SMILES string of the molecule is O=S(=O)(NC1C2CCC1Cc1cc(NCCOc3ccc(F)cc3)ccc1C2)c1ccc(Cl)s1. The molecular formula is C25H26ClFN2O3S2. The normalized spacial score (nSPS) is 21.6. The number of thiophene rings is 1. The smallest absolute Gasteiger partial charge is 0.250 e. The number of halogens is 2. The van der Waals surface area contributed by atoms with Crippen LogP contribution in [-0.2, 0) is 22.9 Å². The Balaban J connectivity index is 1.22. The molecule has 5 rings (SSSR count). The third-order valence-electron chi connectivity index (χ3n) is 6.71. The number of benzene rings is 2. The lowest BCUT2D eigenvalue weighted by Gasteiger charge is -2.23. The summed E-state index contributed by atoms with van der Waals surface area (Å²) < 4.78 is 48.3. The van der Waals surface area contributed by atoms with Gasteiger partial charge < -0.3 is 10.1 Å². The van der Waals surface area contributed by atoms with Gasteiger partial charge in [0, 0.05) is 18.3 Å². The summed E-state index contributed by atoms with van der Waals surface area (Å²) in [6.07, 6.45) is 3.78. The molecule has 34 heavy (non-hydrogen) atoms. The number of sulfonamides is 1. The predicted octanol–water partition coefficient (Wildman–Crippen LogP) is 5.50. The third-order valence-corrected chi connectivity index (χ3v) is 9.89. The minimum absolute atomic E-state index is 0.0706. The number of ether oxygens (including phenoxy) is 1. The van der Waals surface area contributed by atoms with Crippen molar-refractivity contribution in [1.82, 2.24) is 4.72 Å². The van der Waals surface area contributed by atoms with Crippen molar-refractivity contribution in [1.29, 1.82) is 0 Å². The highest BCUT2D eigenvalue weighted by molar-refractivity contribution is 7.91. The minimum Gasteiger partial charge on any atom is -0.492 e. The lowest BCUT2D eigenvalue weighted by molar-refractivity contribution is 0.332. The fourth-order valence-electron chi connectivity index (χ4n) is 5.09. The standard InChI is InChI=1S/C25H26ClFN2O3S2/c26-23-9-10-24(33-23)34(30,31)29-25-17-1-2-18(25)14-19-15-21(6-3-16(19)13-17)28-11-12-32-22-7-4-20(27)5-8-22/h3-10,15,17-18,25,28-29H,1-2,11-14H2. The molecule has 1 fully saturated rings. The van der Waals surface area contributed by atoms with Crippen LogP contribution in [0.5, 0.6) is 5.75 Å². The Morgan fingerprint density at radius 1 is 1.00 bits per heavy atom. The van der Waals surface area contributed by atoms with E-state index in [4.69, 9.17) is 16.3 Å². The Kier molecular flexibility index (Phi) is 6.84. The van der Waals surface area contributed by atoms with Crippen molar-refractivity contribution in [2.75, 3.05) is 18.5 Å². The lowest BCUT2D eigenvalue weighted by atomic mass is 9.93. The van der Waals surface area contributed by atoms with Gasteiger partial charge >= 0.3 is 0 Å². The zero-order valence-corrected chi connectivity index (χ0v) is 20.9. The van der Waals surface area contributed by atoms with Crippen LogP contribution >= 0.6 is 22.9 Å². The van der Waals surface area contributed by atoms with Crippen LogP contribution in [0.1, 0.15) is 24.0 Å². The molecule has 1 aromatic heterocycles. The van der Waals surface area contributed by atoms with E-state index in [1.807, 2.05) is 0 Å². The molecule has 2 bridgehead atoms. The fourth-order valence-corrected chi connectivity index (χ4v) is 7.96. The fraction of sp³-hybridized carbons (Fsp3) is 0.360. The predicted molar refractivity (Wildman–Crippen MR) is 134 cm³/mol. The van der Waals surface area contributed by atoms with Crippen molar-refractivity contribution >= 4 is 38.6 Å². The molecule has 1 saturated carbocycles. The van der Waals surface area contributed by atoms with Crippen molar-refractivity contribution in [3.63, 3.8) is 0 Å². The van der Waals surface area contributed by atoms with Crippen molar-refractivity contribution in [3.8, 4) is 5.75 Å². The quantitative estimate of drug-likeness (QED) is 0.385. The highest BCUT2D eigenvalue weighted by Gasteiger charge is 2.41. The molecule has 0 radical (unpaired) electrons. The molecule has 1 heterocycles. The van der Waals surface area contributed by atoms with Crippen LogP contribution in [0.4, 0.5) is 10.1 Å². The summed E-state index contributed by atoms with van der Waals surface area (Å²) in [6.45, 7) is 1.08. The topological polar surface area (TPSA) is 67.4 Å². The summed E-state index contributed by atoms with van der Waals surface area (Å²) in [5, 5.41) is 3.39. The Morgan fingerprint density at radius 3 is 2.44 bits per heavy atom. The Hall–Kier alpha value is -2.13. The van der Waals surface area contributed by atoms with Crippen LogP contribution in [0.3, 0.4) is 0 Å². The number of rotatable bonds is 8. The molecule has 0 spiro atoms. The van der Waals surface area contributed by atoms with Gasteiger partial charge in [-0.2, -0.15) is 0 Å². The summed E-state index contributed by atoms with van der Waals surface area (Å²) in [5.74, 6) is 0.919. The Bertz CT molecular complexity index is 1260. The molecular weight excluding hydrogens is 495 g/mol. The molecule has 2 aliphatic rings. The molecule has 3 unspecified atom stereocenters. The van der Waals surface area contributed by atoms with E-state index in [-0.39, 0.29) is 22.0 Å². The summed E-state index contributed by atoms with van der Waals surface area (Å²) in [6, 6.07) is 15.5.